The van der Waals surface area contributed by atoms with Gasteiger partial charge in [-0.15, -0.1) is 0 Å². The third-order valence-electron chi connectivity index (χ3n) is 4.87. The van der Waals surface area contributed by atoms with Crippen molar-refractivity contribution in [2.24, 2.45) is 0 Å². The van der Waals surface area contributed by atoms with Crippen molar-refractivity contribution in [2.45, 2.75) is 27.7 Å². The van der Waals surface area contributed by atoms with Gasteiger partial charge >= 0.3 is 5.97 Å². The molecule has 32 heavy (non-hydrogen) atoms. The molecule has 3 aromatic carbocycles. The summed E-state index contributed by atoms with van der Waals surface area (Å²) in [6.07, 6.45) is 0. The van der Waals surface area contributed by atoms with Gasteiger partial charge in [-0.25, -0.2) is 4.79 Å². The number of carbonyl (C=O) groups excluding carboxylic acids is 1. The van der Waals surface area contributed by atoms with Crippen LogP contribution in [0.3, 0.4) is 0 Å². The van der Waals surface area contributed by atoms with E-state index in [1.165, 1.54) is 0 Å². The second kappa shape index (κ2) is 11.1. The second-order valence-corrected chi connectivity index (χ2v) is 6.97. The van der Waals surface area contributed by atoms with Crippen LogP contribution in [0.1, 0.15) is 35.3 Å². The average molecular weight is 437 g/mol. The van der Waals surface area contributed by atoms with E-state index >= 15 is 0 Å². The van der Waals surface area contributed by atoms with E-state index in [-0.39, 0.29) is 6.79 Å². The van der Waals surface area contributed by atoms with Crippen LogP contribution >= 0.6 is 0 Å². The normalized spacial score (nSPS) is 10.4. The van der Waals surface area contributed by atoms with Gasteiger partial charge in [0.05, 0.1) is 18.8 Å². The van der Waals surface area contributed by atoms with Gasteiger partial charge in [-0.2, -0.15) is 0 Å². The number of hydrogen-bond donors (Lipinski definition) is 0. The number of hydrogen-bond acceptors (Lipinski definition) is 6. The molecule has 0 aliphatic rings. The second-order valence-electron chi connectivity index (χ2n) is 6.97. The Hall–Kier alpha value is -3.67. The quantitative estimate of drug-likeness (QED) is 0.230. The Balaban J connectivity index is 1.58. The van der Waals surface area contributed by atoms with Crippen molar-refractivity contribution >= 4 is 5.97 Å². The summed E-state index contributed by atoms with van der Waals surface area (Å²) in [4.78, 5) is 12.5. The maximum Gasteiger partial charge on any atom is 0.343 e. The van der Waals surface area contributed by atoms with Crippen molar-refractivity contribution in [3.8, 4) is 28.7 Å². The average Bonchev–Trinajstić information content (AvgIpc) is 2.80. The van der Waals surface area contributed by atoms with E-state index in [1.54, 1.807) is 36.4 Å². The molecule has 0 spiro atoms. The molecule has 0 aliphatic heterocycles. The third kappa shape index (κ3) is 5.94. The molecule has 0 bridgehead atoms. The lowest BCUT2D eigenvalue weighted by Crippen LogP contribution is -2.11. The first-order valence-corrected chi connectivity index (χ1v) is 10.6. The monoisotopic (exact) mass is 436 g/mol. The summed E-state index contributed by atoms with van der Waals surface area (Å²) in [5, 5.41) is 0. The molecule has 0 fully saturated rings. The van der Waals surface area contributed by atoms with Crippen molar-refractivity contribution in [3.05, 3.63) is 77.4 Å². The molecule has 168 valence electrons. The van der Waals surface area contributed by atoms with Crippen LogP contribution in [0, 0.1) is 13.8 Å². The van der Waals surface area contributed by atoms with Gasteiger partial charge < -0.3 is 23.7 Å². The summed E-state index contributed by atoms with van der Waals surface area (Å²) in [6.45, 7) is 8.89. The van der Waals surface area contributed by atoms with Crippen LogP contribution in [0.25, 0.3) is 0 Å². The molecule has 0 unspecified atom stereocenters. The molecule has 3 aromatic rings. The largest absolute Gasteiger partial charge is 0.494 e. The molecule has 6 heteroatoms. The van der Waals surface area contributed by atoms with Crippen LogP contribution in [0.5, 0.6) is 28.7 Å². The summed E-state index contributed by atoms with van der Waals surface area (Å²) in [5.41, 5.74) is 2.15. The molecule has 0 heterocycles. The first-order chi connectivity index (χ1) is 15.5. The zero-order chi connectivity index (χ0) is 22.9. The van der Waals surface area contributed by atoms with Crippen molar-refractivity contribution in [1.29, 1.82) is 0 Å². The first kappa shape index (κ1) is 23.0. The Bertz CT molecular complexity index is 1030. The zero-order valence-corrected chi connectivity index (χ0v) is 18.8. The van der Waals surface area contributed by atoms with Crippen LogP contribution in [-0.4, -0.2) is 26.0 Å². The smallest absolute Gasteiger partial charge is 0.343 e. The maximum absolute atomic E-state index is 12.5. The van der Waals surface area contributed by atoms with Gasteiger partial charge in [0.2, 0.25) is 6.79 Å². The number of rotatable bonds is 10. The summed E-state index contributed by atoms with van der Waals surface area (Å²) in [7, 11) is 0. The van der Waals surface area contributed by atoms with E-state index in [9.17, 15) is 4.79 Å². The SMILES string of the molecule is CCOc1ccc(OCOc2ccc(OC(=O)c3ccc(OCC)cc3)c(C)c2C)cc1. The number of ether oxygens (including phenoxy) is 5. The predicted octanol–water partition coefficient (Wildman–Crippen LogP) is 5.74. The number of benzene rings is 3. The minimum Gasteiger partial charge on any atom is -0.494 e. The molecular formula is C26H28O6. The highest BCUT2D eigenvalue weighted by molar-refractivity contribution is 5.91. The predicted molar refractivity (Wildman–Crippen MR) is 122 cm³/mol. The first-order valence-electron chi connectivity index (χ1n) is 10.6. The van der Waals surface area contributed by atoms with Crippen LogP contribution in [0.4, 0.5) is 0 Å². The highest BCUT2D eigenvalue weighted by Crippen LogP contribution is 2.30. The fraction of sp³-hybridized carbons (Fsp3) is 0.269. The Morgan fingerprint density at radius 1 is 0.625 bits per heavy atom. The Kier molecular flexibility index (Phi) is 7.97. The van der Waals surface area contributed by atoms with E-state index in [2.05, 4.69) is 0 Å². The Morgan fingerprint density at radius 2 is 1.09 bits per heavy atom. The van der Waals surface area contributed by atoms with E-state index in [1.807, 2.05) is 52.0 Å². The number of esters is 1. The van der Waals surface area contributed by atoms with Crippen molar-refractivity contribution in [3.63, 3.8) is 0 Å². The molecule has 0 aliphatic carbocycles. The lowest BCUT2D eigenvalue weighted by molar-refractivity contribution is 0.0732. The molecular weight excluding hydrogens is 408 g/mol. The molecule has 0 atom stereocenters. The van der Waals surface area contributed by atoms with Gasteiger partial charge in [-0.05, 0) is 99.5 Å². The summed E-state index contributed by atoms with van der Waals surface area (Å²) in [6, 6.07) is 17.7. The van der Waals surface area contributed by atoms with Gasteiger partial charge in [0, 0.05) is 0 Å². The molecule has 6 nitrogen and oxygen atoms in total. The topological polar surface area (TPSA) is 63.2 Å². The maximum atomic E-state index is 12.5. The summed E-state index contributed by atoms with van der Waals surface area (Å²) >= 11 is 0. The lowest BCUT2D eigenvalue weighted by Gasteiger charge is -2.15. The van der Waals surface area contributed by atoms with Gasteiger partial charge in [0.1, 0.15) is 28.7 Å². The van der Waals surface area contributed by atoms with Gasteiger partial charge in [-0.1, -0.05) is 0 Å². The molecule has 0 amide bonds. The van der Waals surface area contributed by atoms with Crippen LogP contribution in [0.15, 0.2) is 60.7 Å². The van der Waals surface area contributed by atoms with Crippen LogP contribution < -0.4 is 23.7 Å². The van der Waals surface area contributed by atoms with Crippen LogP contribution in [0.2, 0.25) is 0 Å². The van der Waals surface area contributed by atoms with Gasteiger partial charge in [0.25, 0.3) is 0 Å². The van der Waals surface area contributed by atoms with E-state index < -0.39 is 5.97 Å². The summed E-state index contributed by atoms with van der Waals surface area (Å²) in [5.74, 6) is 2.91. The minimum atomic E-state index is -0.428. The molecule has 3 rings (SSSR count). The van der Waals surface area contributed by atoms with Crippen molar-refractivity contribution < 1.29 is 28.5 Å². The van der Waals surface area contributed by atoms with Gasteiger partial charge in [0.15, 0.2) is 0 Å². The Morgan fingerprint density at radius 3 is 1.66 bits per heavy atom. The highest BCUT2D eigenvalue weighted by Gasteiger charge is 2.14. The molecule has 0 N–H and O–H groups in total. The minimum absolute atomic E-state index is 0.0551. The van der Waals surface area contributed by atoms with E-state index in [4.69, 9.17) is 23.7 Å². The highest BCUT2D eigenvalue weighted by atomic mass is 16.7. The fourth-order valence-corrected chi connectivity index (χ4v) is 3.01. The fourth-order valence-electron chi connectivity index (χ4n) is 3.01. The van der Waals surface area contributed by atoms with Crippen molar-refractivity contribution in [2.75, 3.05) is 20.0 Å². The zero-order valence-electron chi connectivity index (χ0n) is 18.8. The molecule has 0 aromatic heterocycles. The van der Waals surface area contributed by atoms with E-state index in [0.29, 0.717) is 41.8 Å². The number of carbonyl (C=O) groups is 1. The third-order valence-corrected chi connectivity index (χ3v) is 4.87. The summed E-state index contributed by atoms with van der Waals surface area (Å²) < 4.78 is 27.8. The van der Waals surface area contributed by atoms with Crippen molar-refractivity contribution in [1.82, 2.24) is 0 Å². The Labute approximate surface area is 188 Å². The molecule has 0 saturated heterocycles. The standard InChI is InChI=1S/C26H28O6/c1-5-28-21-9-7-20(8-10-21)26(27)32-25-16-15-24(18(3)19(25)4)31-17-30-23-13-11-22(12-14-23)29-6-2/h7-16H,5-6,17H2,1-4H3. The lowest BCUT2D eigenvalue weighted by atomic mass is 10.1. The van der Waals surface area contributed by atoms with E-state index in [0.717, 1.165) is 16.9 Å². The van der Waals surface area contributed by atoms with Gasteiger partial charge in [-0.3, -0.25) is 0 Å². The molecule has 0 saturated carbocycles. The molecule has 0 radical (unpaired) electrons. The van der Waals surface area contributed by atoms with Crippen LogP contribution in [-0.2, 0) is 0 Å².